The van der Waals surface area contributed by atoms with Gasteiger partial charge in [-0.2, -0.15) is 11.8 Å². The number of aromatic nitrogens is 1. The molecular formula is C16H18N2O2S. The molecule has 1 aliphatic heterocycles. The van der Waals surface area contributed by atoms with Gasteiger partial charge in [0.2, 0.25) is 5.76 Å². The Kier molecular flexibility index (Phi) is 4.01. The van der Waals surface area contributed by atoms with Gasteiger partial charge in [0.05, 0.1) is 11.7 Å². The van der Waals surface area contributed by atoms with Crippen molar-refractivity contribution in [1.82, 2.24) is 9.88 Å². The molecule has 2 aromatic rings. The molecule has 0 bridgehead atoms. The Morgan fingerprint density at radius 1 is 1.33 bits per heavy atom. The van der Waals surface area contributed by atoms with E-state index in [0.29, 0.717) is 17.3 Å². The van der Waals surface area contributed by atoms with Gasteiger partial charge in [0.25, 0.3) is 5.91 Å². The van der Waals surface area contributed by atoms with Crippen molar-refractivity contribution in [3.63, 3.8) is 0 Å². The van der Waals surface area contributed by atoms with E-state index < -0.39 is 0 Å². The third kappa shape index (κ3) is 2.83. The van der Waals surface area contributed by atoms with Gasteiger partial charge in [-0.05, 0) is 12.5 Å². The van der Waals surface area contributed by atoms with Gasteiger partial charge in [-0.25, -0.2) is 4.98 Å². The average Bonchev–Trinajstić information content (AvgIpc) is 2.86. The van der Waals surface area contributed by atoms with Crippen LogP contribution >= 0.6 is 11.8 Å². The van der Waals surface area contributed by atoms with Crippen LogP contribution < -0.4 is 0 Å². The number of nitrogens with zero attached hydrogens (tertiary/aromatic N) is 2. The summed E-state index contributed by atoms with van der Waals surface area (Å²) < 4.78 is 5.50. The maximum Gasteiger partial charge on any atom is 0.292 e. The Hall–Kier alpha value is -1.75. The predicted molar refractivity (Wildman–Crippen MR) is 83.5 cm³/mol. The lowest BCUT2D eigenvalue weighted by Gasteiger charge is -2.35. The Labute approximate surface area is 128 Å². The van der Waals surface area contributed by atoms with Crippen molar-refractivity contribution in [3.8, 4) is 0 Å². The maximum absolute atomic E-state index is 12.8. The molecule has 1 aromatic carbocycles. The number of carbonyl (C=O) groups is 1. The monoisotopic (exact) mass is 302 g/mol. The highest BCUT2D eigenvalue weighted by Crippen LogP contribution is 2.31. The fourth-order valence-electron chi connectivity index (χ4n) is 2.66. The van der Waals surface area contributed by atoms with Crippen molar-refractivity contribution in [1.29, 1.82) is 0 Å². The van der Waals surface area contributed by atoms with E-state index in [1.54, 1.807) is 6.92 Å². The third-order valence-corrected chi connectivity index (χ3v) is 4.69. The minimum Gasteiger partial charge on any atom is -0.436 e. The van der Waals surface area contributed by atoms with Gasteiger partial charge in [-0.1, -0.05) is 30.3 Å². The molecule has 1 amide bonds. The van der Waals surface area contributed by atoms with Crippen LogP contribution in [-0.2, 0) is 0 Å². The minimum atomic E-state index is -0.0535. The summed E-state index contributed by atoms with van der Waals surface area (Å²) in [6, 6.07) is 10.3. The zero-order chi connectivity index (χ0) is 14.8. The van der Waals surface area contributed by atoms with Gasteiger partial charge < -0.3 is 9.32 Å². The number of thioether (sulfide) groups is 1. The van der Waals surface area contributed by atoms with Crippen LogP contribution in [-0.4, -0.2) is 33.8 Å². The second-order valence-electron chi connectivity index (χ2n) is 5.15. The SMILES string of the molecule is Cc1nc(C)c(C(=O)N2CCSC[C@@H]2c2ccccc2)o1. The first-order chi connectivity index (χ1) is 10.2. The predicted octanol–water partition coefficient (Wildman–Crippen LogP) is 3.22. The summed E-state index contributed by atoms with van der Waals surface area (Å²) in [5, 5.41) is 0. The Balaban J connectivity index is 1.91. The van der Waals surface area contributed by atoms with Gasteiger partial charge in [-0.15, -0.1) is 0 Å². The standard InChI is InChI=1S/C16H18N2O2S/c1-11-15(20-12(2)17-11)16(19)18-8-9-21-10-14(18)13-6-4-3-5-7-13/h3-7,14H,8-10H2,1-2H3/t14-/m1/s1. The lowest BCUT2D eigenvalue weighted by molar-refractivity contribution is 0.0666. The number of oxazole rings is 1. The molecule has 2 heterocycles. The van der Waals surface area contributed by atoms with Crippen LogP contribution in [0, 0.1) is 13.8 Å². The maximum atomic E-state index is 12.8. The summed E-state index contributed by atoms with van der Waals surface area (Å²) in [6.07, 6.45) is 0. The molecule has 0 saturated carbocycles. The lowest BCUT2D eigenvalue weighted by Crippen LogP contribution is -2.40. The third-order valence-electron chi connectivity index (χ3n) is 3.67. The molecule has 0 radical (unpaired) electrons. The van der Waals surface area contributed by atoms with E-state index in [1.807, 2.05) is 41.8 Å². The molecule has 0 N–H and O–H groups in total. The van der Waals surface area contributed by atoms with Crippen molar-refractivity contribution in [2.75, 3.05) is 18.1 Å². The van der Waals surface area contributed by atoms with Crippen LogP contribution in [0.1, 0.15) is 33.7 Å². The average molecular weight is 302 g/mol. The van der Waals surface area contributed by atoms with E-state index >= 15 is 0 Å². The molecule has 1 atom stereocenters. The summed E-state index contributed by atoms with van der Waals surface area (Å²) >= 11 is 1.88. The fraction of sp³-hybridized carbons (Fsp3) is 0.375. The van der Waals surface area contributed by atoms with Crippen LogP contribution in [0.15, 0.2) is 34.7 Å². The summed E-state index contributed by atoms with van der Waals surface area (Å²) in [5.74, 6) is 2.74. The van der Waals surface area contributed by atoms with E-state index in [1.165, 1.54) is 5.56 Å². The summed E-state index contributed by atoms with van der Waals surface area (Å²) in [4.78, 5) is 18.9. The molecule has 0 aliphatic carbocycles. The van der Waals surface area contributed by atoms with E-state index in [4.69, 9.17) is 4.42 Å². The molecule has 110 valence electrons. The molecule has 4 nitrogen and oxygen atoms in total. The number of carbonyl (C=O) groups excluding carboxylic acids is 1. The number of hydrogen-bond acceptors (Lipinski definition) is 4. The molecule has 1 saturated heterocycles. The zero-order valence-electron chi connectivity index (χ0n) is 12.2. The second-order valence-corrected chi connectivity index (χ2v) is 6.30. The van der Waals surface area contributed by atoms with Gasteiger partial charge in [0, 0.05) is 25.0 Å². The molecule has 1 fully saturated rings. The summed E-state index contributed by atoms with van der Waals surface area (Å²) in [6.45, 7) is 4.33. The summed E-state index contributed by atoms with van der Waals surface area (Å²) in [7, 11) is 0. The van der Waals surface area contributed by atoms with Gasteiger partial charge >= 0.3 is 0 Å². The van der Waals surface area contributed by atoms with Crippen LogP contribution in [0.2, 0.25) is 0 Å². The van der Waals surface area contributed by atoms with E-state index in [-0.39, 0.29) is 11.9 Å². The molecule has 5 heteroatoms. The normalized spacial score (nSPS) is 18.8. The van der Waals surface area contributed by atoms with Crippen molar-refractivity contribution in [2.45, 2.75) is 19.9 Å². The van der Waals surface area contributed by atoms with Crippen LogP contribution in [0.4, 0.5) is 0 Å². The molecule has 0 unspecified atom stereocenters. The number of aryl methyl sites for hydroxylation is 2. The number of benzene rings is 1. The lowest BCUT2D eigenvalue weighted by atomic mass is 10.1. The van der Waals surface area contributed by atoms with Gasteiger partial charge in [0.1, 0.15) is 0 Å². The summed E-state index contributed by atoms with van der Waals surface area (Å²) in [5.41, 5.74) is 1.84. The Morgan fingerprint density at radius 2 is 2.10 bits per heavy atom. The van der Waals surface area contributed by atoms with Crippen molar-refractivity contribution in [2.24, 2.45) is 0 Å². The largest absolute Gasteiger partial charge is 0.436 e. The fourth-order valence-corrected chi connectivity index (χ4v) is 3.75. The van der Waals surface area contributed by atoms with Crippen molar-refractivity contribution >= 4 is 17.7 Å². The molecule has 1 aromatic heterocycles. The first-order valence-corrected chi connectivity index (χ1v) is 8.20. The Bertz CT molecular complexity index is 639. The second kappa shape index (κ2) is 5.93. The van der Waals surface area contributed by atoms with Crippen LogP contribution in [0.3, 0.4) is 0 Å². The van der Waals surface area contributed by atoms with Crippen molar-refractivity contribution in [3.05, 3.63) is 53.2 Å². The quantitative estimate of drug-likeness (QED) is 0.854. The van der Waals surface area contributed by atoms with E-state index in [9.17, 15) is 4.79 Å². The minimum absolute atomic E-state index is 0.0535. The number of amides is 1. The number of rotatable bonds is 2. The number of hydrogen-bond donors (Lipinski definition) is 0. The van der Waals surface area contributed by atoms with Gasteiger partial charge in [-0.3, -0.25) is 4.79 Å². The van der Waals surface area contributed by atoms with E-state index in [2.05, 4.69) is 17.1 Å². The highest BCUT2D eigenvalue weighted by molar-refractivity contribution is 7.99. The molecular weight excluding hydrogens is 284 g/mol. The van der Waals surface area contributed by atoms with Gasteiger partial charge in [0.15, 0.2) is 5.89 Å². The van der Waals surface area contributed by atoms with Crippen LogP contribution in [0.25, 0.3) is 0 Å². The molecule has 1 aliphatic rings. The zero-order valence-corrected chi connectivity index (χ0v) is 13.0. The topological polar surface area (TPSA) is 46.3 Å². The van der Waals surface area contributed by atoms with Crippen molar-refractivity contribution < 1.29 is 9.21 Å². The first-order valence-electron chi connectivity index (χ1n) is 7.04. The molecule has 21 heavy (non-hydrogen) atoms. The van der Waals surface area contributed by atoms with Crippen LogP contribution in [0.5, 0.6) is 0 Å². The highest BCUT2D eigenvalue weighted by atomic mass is 32.2. The molecule has 0 spiro atoms. The highest BCUT2D eigenvalue weighted by Gasteiger charge is 2.31. The smallest absolute Gasteiger partial charge is 0.292 e. The Morgan fingerprint density at radius 3 is 2.76 bits per heavy atom. The first kappa shape index (κ1) is 14.2. The van der Waals surface area contributed by atoms with E-state index in [0.717, 1.165) is 18.1 Å². The molecule has 3 rings (SSSR count).